The van der Waals surface area contributed by atoms with Gasteiger partial charge in [0.05, 0.1) is 37.0 Å². The Kier molecular flexibility index (Phi) is 13.2. The number of aliphatic hydroxyl groups is 1. The Morgan fingerprint density at radius 1 is 1.06 bits per heavy atom. The summed E-state index contributed by atoms with van der Waals surface area (Å²) in [5, 5.41) is 22.4. The largest absolute Gasteiger partial charge is 0.488 e. The molecule has 50 heavy (non-hydrogen) atoms. The number of anilines is 4. The summed E-state index contributed by atoms with van der Waals surface area (Å²) in [6.45, 7) is 7.49. The van der Waals surface area contributed by atoms with Crippen LogP contribution in [0.2, 0.25) is 0 Å². The van der Waals surface area contributed by atoms with Crippen molar-refractivity contribution in [2.45, 2.75) is 78.4 Å². The fourth-order valence-corrected chi connectivity index (χ4v) is 5.74. The number of hydrogen-bond acceptors (Lipinski definition) is 9. The molecule has 0 radical (unpaired) electrons. The molecule has 3 aromatic rings. The average Bonchev–Trinajstić information content (AvgIpc) is 3.41. The summed E-state index contributed by atoms with van der Waals surface area (Å²) in [7, 11) is 1.66. The maximum Gasteiger partial charge on any atom is 0.321 e. The molecule has 14 nitrogen and oxygen atoms in total. The first kappa shape index (κ1) is 37.7. The number of para-hydroxylation sites is 2. The second kappa shape index (κ2) is 17.5. The van der Waals surface area contributed by atoms with E-state index in [1.807, 2.05) is 6.92 Å². The Morgan fingerprint density at radius 2 is 1.76 bits per heavy atom. The van der Waals surface area contributed by atoms with E-state index in [1.165, 1.54) is 4.90 Å². The van der Waals surface area contributed by atoms with Crippen LogP contribution in [0.5, 0.6) is 5.75 Å². The fraction of sp³-hybridized carbons (Fsp3) is 0.472. The number of fused-ring (bicyclic) bond motifs is 1. The van der Waals surface area contributed by atoms with Crippen molar-refractivity contribution in [1.82, 2.24) is 15.0 Å². The topological polar surface area (TPSA) is 192 Å². The molecule has 0 saturated heterocycles. The summed E-state index contributed by atoms with van der Waals surface area (Å²) in [4.78, 5) is 54.9. The highest BCUT2D eigenvalue weighted by Gasteiger charge is 2.32. The number of carbonyl (C=O) groups is 4. The maximum absolute atomic E-state index is 13.6. The van der Waals surface area contributed by atoms with Crippen LogP contribution in [0.25, 0.3) is 0 Å². The first-order chi connectivity index (χ1) is 23.9. The maximum atomic E-state index is 13.6. The van der Waals surface area contributed by atoms with Gasteiger partial charge in [0, 0.05) is 43.6 Å². The van der Waals surface area contributed by atoms with Gasteiger partial charge in [0.15, 0.2) is 5.76 Å². The molecular weight excluding hydrogens is 642 g/mol. The third kappa shape index (κ3) is 10.2. The van der Waals surface area contributed by atoms with Crippen LogP contribution in [0.1, 0.15) is 63.0 Å². The van der Waals surface area contributed by atoms with Gasteiger partial charge in [0.2, 0.25) is 17.7 Å². The molecule has 2 aromatic carbocycles. The van der Waals surface area contributed by atoms with Gasteiger partial charge in [0.1, 0.15) is 23.2 Å². The Balaban J connectivity index is 1.38. The van der Waals surface area contributed by atoms with Crippen LogP contribution in [0.4, 0.5) is 27.5 Å². The van der Waals surface area contributed by atoms with E-state index in [0.717, 1.165) is 0 Å². The number of unbranched alkanes of at least 4 members (excludes halogenated alkanes) is 2. The van der Waals surface area contributed by atoms with Crippen LogP contribution < -0.4 is 26.4 Å². The quantitative estimate of drug-likeness (QED) is 0.125. The summed E-state index contributed by atoms with van der Waals surface area (Å²) in [6, 6.07) is 11.5. The Hall–Kier alpha value is -5.11. The molecule has 0 saturated carbocycles. The smallest absolute Gasteiger partial charge is 0.321 e. The Labute approximate surface area is 292 Å². The molecular formula is C36H49N7O7. The molecule has 14 heteroatoms. The molecule has 2 heterocycles. The van der Waals surface area contributed by atoms with Gasteiger partial charge >= 0.3 is 6.03 Å². The highest BCUT2D eigenvalue weighted by molar-refractivity contribution is 5.94. The number of benzene rings is 2. The van der Waals surface area contributed by atoms with E-state index in [4.69, 9.17) is 15.0 Å². The molecule has 1 aliphatic rings. The van der Waals surface area contributed by atoms with Crippen molar-refractivity contribution in [2.75, 3.05) is 48.4 Å². The van der Waals surface area contributed by atoms with E-state index >= 15 is 0 Å². The monoisotopic (exact) mass is 691 g/mol. The number of nitrogens with zero attached hydrogens (tertiary/aromatic N) is 3. The Bertz CT molecular complexity index is 1640. The minimum Gasteiger partial charge on any atom is -0.488 e. The number of aryl methyl sites for hydroxylation is 2. The summed E-state index contributed by atoms with van der Waals surface area (Å²) in [5.41, 5.74) is 9.15. The van der Waals surface area contributed by atoms with Crippen molar-refractivity contribution < 1.29 is 33.5 Å². The lowest BCUT2D eigenvalue weighted by molar-refractivity contribution is -0.134. The van der Waals surface area contributed by atoms with Gasteiger partial charge in [0.25, 0.3) is 0 Å². The SMILES string of the molecule is Cc1noc(C)c1NC(=O)N(C)C[C@H]1Oc2ccc(NC(=O)CCCCCC(=O)Nc3ccccc3N)cc2CC(=O)N([C@H](C)CO)C[C@H]1C. The first-order valence-corrected chi connectivity index (χ1v) is 16.9. The van der Waals surface area contributed by atoms with Gasteiger partial charge in [-0.25, -0.2) is 4.79 Å². The lowest BCUT2D eigenvalue weighted by Crippen LogP contribution is -2.48. The fourth-order valence-electron chi connectivity index (χ4n) is 5.74. The second-order valence-electron chi connectivity index (χ2n) is 13.0. The van der Waals surface area contributed by atoms with E-state index in [0.29, 0.717) is 77.7 Å². The van der Waals surface area contributed by atoms with Crippen molar-refractivity contribution in [3.05, 3.63) is 59.5 Å². The minimum atomic E-state index is -0.513. The van der Waals surface area contributed by atoms with Gasteiger partial charge < -0.3 is 45.9 Å². The summed E-state index contributed by atoms with van der Waals surface area (Å²) in [5.74, 6) is 0.258. The zero-order valence-corrected chi connectivity index (χ0v) is 29.5. The van der Waals surface area contributed by atoms with Crippen molar-refractivity contribution in [3.63, 3.8) is 0 Å². The lowest BCUT2D eigenvalue weighted by Gasteiger charge is -2.34. The minimum absolute atomic E-state index is 0.00187. The third-order valence-electron chi connectivity index (χ3n) is 8.81. The van der Waals surface area contributed by atoms with E-state index in [2.05, 4.69) is 21.1 Å². The number of nitrogens with one attached hydrogen (secondary N) is 3. The molecule has 1 aromatic heterocycles. The van der Waals surface area contributed by atoms with Crippen molar-refractivity contribution in [1.29, 1.82) is 0 Å². The van der Waals surface area contributed by atoms with E-state index in [1.54, 1.807) is 75.2 Å². The van der Waals surface area contributed by atoms with Crippen molar-refractivity contribution >= 4 is 46.5 Å². The molecule has 270 valence electrons. The molecule has 0 aliphatic carbocycles. The number of hydrogen-bond donors (Lipinski definition) is 5. The first-order valence-electron chi connectivity index (χ1n) is 16.9. The molecule has 0 fully saturated rings. The van der Waals surface area contributed by atoms with E-state index in [9.17, 15) is 24.3 Å². The molecule has 4 rings (SSSR count). The molecule has 0 unspecified atom stereocenters. The van der Waals surface area contributed by atoms with Crippen molar-refractivity contribution in [2.24, 2.45) is 5.92 Å². The van der Waals surface area contributed by atoms with Crippen LogP contribution in [0.3, 0.4) is 0 Å². The van der Waals surface area contributed by atoms with E-state index < -0.39 is 12.1 Å². The molecule has 1 aliphatic heterocycles. The number of nitrogen functional groups attached to an aromatic ring is 1. The molecule has 5 amide bonds. The molecule has 3 atom stereocenters. The number of urea groups is 1. The zero-order chi connectivity index (χ0) is 36.4. The van der Waals surface area contributed by atoms with Gasteiger partial charge in [-0.3, -0.25) is 14.4 Å². The standard InChI is InChI=1S/C36H49N7O7/c1-22-19-43(23(2)21-44)34(47)18-26-17-27(38-32(45)13-7-6-8-14-33(46)39-29-12-10-9-11-28(29)37)15-16-30(26)49-31(22)20-42(5)36(48)40-35-24(3)41-50-25(35)4/h9-12,15-17,22-23,31,44H,6-8,13-14,18-21,37H2,1-5H3,(H,38,45)(H,39,46)(H,40,48)/t22-,23-,31-/m1/s1. The third-order valence-corrected chi connectivity index (χ3v) is 8.81. The van der Waals surface area contributed by atoms with Crippen LogP contribution in [-0.2, 0) is 20.8 Å². The van der Waals surface area contributed by atoms with Gasteiger partial charge in [-0.15, -0.1) is 0 Å². The Morgan fingerprint density at radius 3 is 2.42 bits per heavy atom. The number of carbonyl (C=O) groups excluding carboxylic acids is 4. The number of aliphatic hydroxyl groups excluding tert-OH is 1. The number of rotatable bonds is 13. The van der Waals surface area contributed by atoms with Crippen LogP contribution in [-0.4, -0.2) is 82.7 Å². The number of amides is 5. The normalized spacial score (nSPS) is 16.6. The van der Waals surface area contributed by atoms with Gasteiger partial charge in [-0.2, -0.15) is 0 Å². The van der Waals surface area contributed by atoms with Crippen LogP contribution in [0, 0.1) is 19.8 Å². The predicted octanol–water partition coefficient (Wildman–Crippen LogP) is 4.71. The van der Waals surface area contributed by atoms with Gasteiger partial charge in [-0.1, -0.05) is 30.6 Å². The molecule has 6 N–H and O–H groups in total. The number of likely N-dealkylation sites (N-methyl/N-ethyl adjacent to an activating group) is 1. The average molecular weight is 692 g/mol. The lowest BCUT2D eigenvalue weighted by atomic mass is 10.0. The molecule has 0 spiro atoms. The second-order valence-corrected chi connectivity index (χ2v) is 13.0. The van der Waals surface area contributed by atoms with E-state index in [-0.39, 0.29) is 55.7 Å². The summed E-state index contributed by atoms with van der Waals surface area (Å²) in [6.07, 6.45) is 2.00. The predicted molar refractivity (Wildman–Crippen MR) is 191 cm³/mol. The number of nitrogens with two attached hydrogens (primary N) is 1. The van der Waals surface area contributed by atoms with Crippen molar-refractivity contribution in [3.8, 4) is 5.75 Å². The highest BCUT2D eigenvalue weighted by atomic mass is 16.5. The van der Waals surface area contributed by atoms with Crippen LogP contribution >= 0.6 is 0 Å². The molecule has 0 bridgehead atoms. The number of ether oxygens (including phenoxy) is 1. The van der Waals surface area contributed by atoms with Crippen LogP contribution in [0.15, 0.2) is 47.0 Å². The summed E-state index contributed by atoms with van der Waals surface area (Å²) < 4.78 is 11.7. The van der Waals surface area contributed by atoms with Gasteiger partial charge in [-0.05, 0) is 63.9 Å². The summed E-state index contributed by atoms with van der Waals surface area (Å²) >= 11 is 0. The highest BCUT2D eigenvalue weighted by Crippen LogP contribution is 2.30. The zero-order valence-electron chi connectivity index (χ0n) is 29.5. The number of aromatic nitrogens is 1.